The minimum atomic E-state index is -1.80. The first-order chi connectivity index (χ1) is 20.4. The fourth-order valence-electron chi connectivity index (χ4n) is 5.02. The number of hydrogen-bond donors (Lipinski definition) is 8. The van der Waals surface area contributed by atoms with Crippen LogP contribution >= 0.6 is 0 Å². The molecular weight excluding hydrogens is 576 g/mol. The Hall–Kier alpha value is -3.51. The van der Waals surface area contributed by atoms with Crippen molar-refractivity contribution in [2.75, 3.05) is 13.7 Å². The van der Waals surface area contributed by atoms with Crippen molar-refractivity contribution in [2.45, 2.75) is 68.3 Å². The van der Waals surface area contributed by atoms with E-state index in [1.807, 2.05) is 0 Å². The summed E-state index contributed by atoms with van der Waals surface area (Å²) in [6.45, 7) is 0.664. The van der Waals surface area contributed by atoms with Gasteiger partial charge >= 0.3 is 0 Å². The maximum Gasteiger partial charge on any atom is 0.229 e. The van der Waals surface area contributed by atoms with Gasteiger partial charge in [-0.1, -0.05) is 0 Å². The summed E-state index contributed by atoms with van der Waals surface area (Å²) in [5.74, 6) is -0.968. The number of ether oxygens (including phenoxy) is 5. The fourth-order valence-corrected chi connectivity index (χ4v) is 5.02. The van der Waals surface area contributed by atoms with Gasteiger partial charge in [0.2, 0.25) is 12.0 Å². The first-order valence-electron chi connectivity index (χ1n) is 13.3. The lowest BCUT2D eigenvalue weighted by Gasteiger charge is -2.45. The molecule has 43 heavy (non-hydrogen) atoms. The third-order valence-electron chi connectivity index (χ3n) is 7.42. The molecule has 2 aliphatic rings. The van der Waals surface area contributed by atoms with Crippen molar-refractivity contribution in [3.05, 3.63) is 46.6 Å². The predicted molar refractivity (Wildman–Crippen MR) is 143 cm³/mol. The summed E-state index contributed by atoms with van der Waals surface area (Å²) in [5.41, 5.74) is -0.430. The molecule has 0 spiro atoms. The van der Waals surface area contributed by atoms with E-state index in [0.717, 1.165) is 12.1 Å². The standard InChI is InChI=1S/C28H32O15/c1-10-19(33)21(35)23(37)27(39-10)43-26-22(36)20(34)17(9-29)42-28(26)41-16-8-14(32)18-13(31)7-15(40-25(18)24(16)38-2)11-3-5-12(30)6-4-11/h3-8,10,17,19-23,26-30,32-37H,9H2,1-2H3/t10-,17+,19-,20+,21+,22-,23+,26+,27-,28+/m0/s1. The number of fused-ring (bicyclic) bond motifs is 1. The summed E-state index contributed by atoms with van der Waals surface area (Å²) in [6, 6.07) is 7.96. The van der Waals surface area contributed by atoms with Gasteiger partial charge in [0.15, 0.2) is 29.2 Å². The molecular formula is C28H32O15. The van der Waals surface area contributed by atoms with Crippen LogP contribution in [-0.2, 0) is 14.2 Å². The zero-order chi connectivity index (χ0) is 31.2. The van der Waals surface area contributed by atoms with Crippen LogP contribution in [0.1, 0.15) is 6.92 Å². The normalized spacial score (nSPS) is 32.9. The molecule has 2 aliphatic heterocycles. The Balaban J connectivity index is 1.54. The first-order valence-corrected chi connectivity index (χ1v) is 13.3. The molecule has 0 aliphatic carbocycles. The van der Waals surface area contributed by atoms with Crippen molar-refractivity contribution in [3.63, 3.8) is 0 Å². The molecule has 234 valence electrons. The summed E-state index contributed by atoms with van der Waals surface area (Å²) in [7, 11) is 1.23. The zero-order valence-electron chi connectivity index (χ0n) is 22.9. The van der Waals surface area contributed by atoms with Crippen molar-refractivity contribution < 1.29 is 69.0 Å². The van der Waals surface area contributed by atoms with Gasteiger partial charge in [0.25, 0.3) is 0 Å². The van der Waals surface area contributed by atoms with Gasteiger partial charge in [0.1, 0.15) is 59.3 Å². The van der Waals surface area contributed by atoms with Gasteiger partial charge in [0.05, 0.1) is 19.8 Å². The third-order valence-corrected chi connectivity index (χ3v) is 7.42. The summed E-state index contributed by atoms with van der Waals surface area (Å²) in [4.78, 5) is 13.0. The Bertz CT molecular complexity index is 1490. The highest BCUT2D eigenvalue weighted by atomic mass is 16.8. The molecule has 15 nitrogen and oxygen atoms in total. The smallest absolute Gasteiger partial charge is 0.229 e. The summed E-state index contributed by atoms with van der Waals surface area (Å²) < 4.78 is 34.1. The van der Waals surface area contributed by atoms with Crippen molar-refractivity contribution >= 4 is 11.0 Å². The number of aliphatic hydroxyl groups is 6. The minimum Gasteiger partial charge on any atom is -0.508 e. The summed E-state index contributed by atoms with van der Waals surface area (Å²) in [6.07, 6.45) is -15.7. The molecule has 0 saturated carbocycles. The fraction of sp³-hybridized carbons (Fsp3) is 0.464. The number of phenolic OH excluding ortho intramolecular Hbond substituents is 2. The highest BCUT2D eigenvalue weighted by Crippen LogP contribution is 2.43. The topological polar surface area (TPSA) is 238 Å². The highest BCUT2D eigenvalue weighted by molar-refractivity contribution is 5.91. The van der Waals surface area contributed by atoms with Gasteiger partial charge in [-0.05, 0) is 31.2 Å². The SMILES string of the molecule is COc1c(O[C@@H]2O[C@H](CO)[C@@H](O)[C@H](O)[C@H]2O[C@@H]2O[C@@H](C)[C@H](O)[C@@H](O)[C@H]2O)cc(O)c2c(=O)cc(-c3ccc(O)cc3)oc12. The molecule has 8 N–H and O–H groups in total. The molecule has 5 rings (SSSR count). The number of hydrogen-bond acceptors (Lipinski definition) is 15. The van der Waals surface area contributed by atoms with E-state index in [1.54, 1.807) is 0 Å². The second kappa shape index (κ2) is 12.2. The average molecular weight is 609 g/mol. The van der Waals surface area contributed by atoms with E-state index in [9.17, 15) is 45.6 Å². The van der Waals surface area contributed by atoms with Gasteiger partial charge in [-0.25, -0.2) is 0 Å². The van der Waals surface area contributed by atoms with E-state index < -0.39 is 79.2 Å². The lowest BCUT2D eigenvalue weighted by Crippen LogP contribution is -2.64. The molecule has 0 radical (unpaired) electrons. The van der Waals surface area contributed by atoms with Crippen molar-refractivity contribution in [1.82, 2.24) is 0 Å². The third kappa shape index (κ3) is 5.74. The molecule has 10 atom stereocenters. The highest BCUT2D eigenvalue weighted by Gasteiger charge is 2.51. The lowest BCUT2D eigenvalue weighted by atomic mass is 9.97. The quantitative estimate of drug-likeness (QED) is 0.159. The van der Waals surface area contributed by atoms with Crippen LogP contribution in [-0.4, -0.2) is 116 Å². The second-order valence-electron chi connectivity index (χ2n) is 10.3. The van der Waals surface area contributed by atoms with Crippen LogP contribution in [0.2, 0.25) is 0 Å². The Kier molecular flexibility index (Phi) is 8.80. The van der Waals surface area contributed by atoms with Crippen LogP contribution in [0.4, 0.5) is 0 Å². The van der Waals surface area contributed by atoms with Crippen LogP contribution in [0.25, 0.3) is 22.3 Å². The van der Waals surface area contributed by atoms with E-state index in [-0.39, 0.29) is 34.0 Å². The molecule has 0 bridgehead atoms. The maximum atomic E-state index is 13.0. The zero-order valence-corrected chi connectivity index (χ0v) is 22.9. The summed E-state index contributed by atoms with van der Waals surface area (Å²) >= 11 is 0. The number of phenols is 2. The van der Waals surface area contributed by atoms with Gasteiger partial charge in [-0.15, -0.1) is 0 Å². The number of methoxy groups -OCH3 is 1. The summed E-state index contributed by atoms with van der Waals surface area (Å²) in [5, 5.41) is 82.0. The van der Waals surface area contributed by atoms with Gasteiger partial charge in [0, 0.05) is 17.7 Å². The van der Waals surface area contributed by atoms with Crippen LogP contribution in [0.5, 0.6) is 23.0 Å². The molecule has 15 heteroatoms. The monoisotopic (exact) mass is 608 g/mol. The Morgan fingerprint density at radius 1 is 0.860 bits per heavy atom. The van der Waals surface area contributed by atoms with Gasteiger partial charge in [-0.3, -0.25) is 4.79 Å². The molecule has 2 aromatic carbocycles. The van der Waals surface area contributed by atoms with Gasteiger partial charge < -0.3 is 69.0 Å². The Morgan fingerprint density at radius 2 is 1.56 bits per heavy atom. The average Bonchev–Trinajstić information content (AvgIpc) is 2.98. The molecule has 0 amide bonds. The molecule has 2 saturated heterocycles. The van der Waals surface area contributed by atoms with Crippen LogP contribution in [0.15, 0.2) is 45.6 Å². The number of aliphatic hydroxyl groups excluding tert-OH is 6. The van der Waals surface area contributed by atoms with E-state index in [2.05, 4.69) is 0 Å². The molecule has 1 aromatic heterocycles. The molecule has 0 unspecified atom stereocenters. The molecule has 3 heterocycles. The van der Waals surface area contributed by atoms with E-state index >= 15 is 0 Å². The lowest BCUT2D eigenvalue weighted by molar-refractivity contribution is -0.354. The molecule has 3 aromatic rings. The van der Waals surface area contributed by atoms with E-state index in [4.69, 9.17) is 28.1 Å². The number of aromatic hydroxyl groups is 2. The Labute approximate surface area is 243 Å². The first kappa shape index (κ1) is 30.9. The van der Waals surface area contributed by atoms with Gasteiger partial charge in [-0.2, -0.15) is 0 Å². The molecule has 2 fully saturated rings. The minimum absolute atomic E-state index is 0.0122. The van der Waals surface area contributed by atoms with Crippen LogP contribution < -0.4 is 14.9 Å². The van der Waals surface area contributed by atoms with Crippen molar-refractivity contribution in [1.29, 1.82) is 0 Å². The number of rotatable bonds is 7. The maximum absolute atomic E-state index is 13.0. The van der Waals surface area contributed by atoms with E-state index in [1.165, 1.54) is 38.3 Å². The Morgan fingerprint density at radius 3 is 2.21 bits per heavy atom. The number of benzene rings is 2. The van der Waals surface area contributed by atoms with Crippen LogP contribution in [0, 0.1) is 0 Å². The predicted octanol–water partition coefficient (Wildman–Crippen LogP) is -1.09. The van der Waals surface area contributed by atoms with Crippen molar-refractivity contribution in [3.8, 4) is 34.3 Å². The van der Waals surface area contributed by atoms with Crippen LogP contribution in [0.3, 0.4) is 0 Å². The second-order valence-corrected chi connectivity index (χ2v) is 10.3. The largest absolute Gasteiger partial charge is 0.508 e. The van der Waals surface area contributed by atoms with Crippen molar-refractivity contribution in [2.24, 2.45) is 0 Å². The van der Waals surface area contributed by atoms with E-state index in [0.29, 0.717) is 5.56 Å².